The first kappa shape index (κ1) is 17.1. The lowest BCUT2D eigenvalue weighted by Crippen LogP contribution is -2.51. The molecule has 0 bridgehead atoms. The SMILES string of the molecule is O=C1Nc2cc(Cl)ccc2[C@]12ON=C(c1ccccc1)N2c1ccc(Cl)cc1. The van der Waals surface area contributed by atoms with Crippen molar-refractivity contribution in [2.24, 2.45) is 5.16 Å². The van der Waals surface area contributed by atoms with Crippen molar-refractivity contribution >= 4 is 46.3 Å². The molecule has 2 heterocycles. The van der Waals surface area contributed by atoms with Gasteiger partial charge in [0.25, 0.3) is 5.91 Å². The van der Waals surface area contributed by atoms with E-state index in [2.05, 4.69) is 10.5 Å². The first-order valence-electron chi connectivity index (χ1n) is 8.58. The molecule has 1 N–H and O–H groups in total. The van der Waals surface area contributed by atoms with Gasteiger partial charge in [0.2, 0.25) is 0 Å². The van der Waals surface area contributed by atoms with Crippen LogP contribution >= 0.6 is 23.2 Å². The van der Waals surface area contributed by atoms with Crippen LogP contribution in [0.3, 0.4) is 0 Å². The summed E-state index contributed by atoms with van der Waals surface area (Å²) in [5.74, 6) is 0.190. The zero-order valence-corrected chi connectivity index (χ0v) is 15.9. The summed E-state index contributed by atoms with van der Waals surface area (Å²) in [7, 11) is 0. The van der Waals surface area contributed by atoms with Crippen LogP contribution in [0.1, 0.15) is 11.1 Å². The van der Waals surface area contributed by atoms with Crippen LogP contribution in [-0.4, -0.2) is 11.7 Å². The van der Waals surface area contributed by atoms with Gasteiger partial charge in [0.1, 0.15) is 0 Å². The summed E-state index contributed by atoms with van der Waals surface area (Å²) in [4.78, 5) is 20.8. The van der Waals surface area contributed by atoms with Crippen molar-refractivity contribution < 1.29 is 9.63 Å². The molecule has 0 fully saturated rings. The van der Waals surface area contributed by atoms with E-state index in [4.69, 9.17) is 28.0 Å². The predicted molar refractivity (Wildman–Crippen MR) is 110 cm³/mol. The van der Waals surface area contributed by atoms with Crippen LogP contribution in [-0.2, 0) is 15.4 Å². The number of carbonyl (C=O) groups is 1. The summed E-state index contributed by atoms with van der Waals surface area (Å²) in [5, 5.41) is 8.29. The summed E-state index contributed by atoms with van der Waals surface area (Å²) >= 11 is 12.2. The minimum Gasteiger partial charge on any atom is -0.349 e. The van der Waals surface area contributed by atoms with Crippen LogP contribution in [0.2, 0.25) is 10.0 Å². The number of amidine groups is 1. The number of nitrogens with zero attached hydrogens (tertiary/aromatic N) is 2. The molecule has 1 atom stereocenters. The number of carbonyl (C=O) groups excluding carboxylic acids is 1. The highest BCUT2D eigenvalue weighted by Crippen LogP contribution is 2.48. The molecule has 0 radical (unpaired) electrons. The van der Waals surface area contributed by atoms with Crippen LogP contribution in [0, 0.1) is 0 Å². The number of fused-ring (bicyclic) bond motifs is 2. The maximum atomic E-state index is 13.2. The second-order valence-corrected chi connectivity index (χ2v) is 7.34. The first-order chi connectivity index (χ1) is 13.6. The number of halogens is 2. The Kier molecular flexibility index (Phi) is 3.82. The van der Waals surface area contributed by atoms with Crippen LogP contribution in [0.15, 0.2) is 78.0 Å². The van der Waals surface area contributed by atoms with E-state index in [1.165, 1.54) is 0 Å². The van der Waals surface area contributed by atoms with Crippen molar-refractivity contribution in [2.45, 2.75) is 5.72 Å². The van der Waals surface area contributed by atoms with Crippen molar-refractivity contribution in [3.8, 4) is 0 Å². The number of rotatable bonds is 2. The molecule has 5 nitrogen and oxygen atoms in total. The molecule has 1 amide bonds. The fourth-order valence-electron chi connectivity index (χ4n) is 3.56. The van der Waals surface area contributed by atoms with E-state index in [1.54, 1.807) is 35.2 Å². The molecule has 3 aromatic carbocycles. The summed E-state index contributed by atoms with van der Waals surface area (Å²) in [6.45, 7) is 0. The Labute approximate surface area is 171 Å². The van der Waals surface area contributed by atoms with Crippen LogP contribution in [0.5, 0.6) is 0 Å². The number of anilines is 2. The van der Waals surface area contributed by atoms with Crippen LogP contribution in [0.4, 0.5) is 11.4 Å². The Morgan fingerprint density at radius 1 is 0.929 bits per heavy atom. The van der Waals surface area contributed by atoms with Gasteiger partial charge in [-0.15, -0.1) is 0 Å². The lowest BCUT2D eigenvalue weighted by atomic mass is 10.00. The number of nitrogens with one attached hydrogen (secondary N) is 1. The molecule has 0 saturated carbocycles. The molecule has 0 aromatic heterocycles. The molecular formula is C21H13Cl2N3O2. The molecule has 2 aliphatic rings. The Morgan fingerprint density at radius 2 is 1.64 bits per heavy atom. The monoisotopic (exact) mass is 409 g/mol. The Bertz CT molecular complexity index is 1120. The van der Waals surface area contributed by atoms with Gasteiger partial charge in [0.15, 0.2) is 5.84 Å². The van der Waals surface area contributed by atoms with Gasteiger partial charge in [0.05, 0.1) is 11.3 Å². The zero-order valence-electron chi connectivity index (χ0n) is 14.4. The molecule has 28 heavy (non-hydrogen) atoms. The minimum absolute atomic E-state index is 0.339. The van der Waals surface area contributed by atoms with Crippen LogP contribution < -0.4 is 10.2 Å². The van der Waals surface area contributed by atoms with E-state index < -0.39 is 5.72 Å². The molecule has 0 aliphatic carbocycles. The normalized spacial score (nSPS) is 20.0. The van der Waals surface area contributed by atoms with Crippen LogP contribution in [0.25, 0.3) is 0 Å². The predicted octanol–water partition coefficient (Wildman–Crippen LogP) is 5.00. The van der Waals surface area contributed by atoms with E-state index >= 15 is 0 Å². The molecule has 7 heteroatoms. The lowest BCUT2D eigenvalue weighted by molar-refractivity contribution is -0.137. The van der Waals surface area contributed by atoms with E-state index in [0.717, 1.165) is 11.3 Å². The number of hydrogen-bond donors (Lipinski definition) is 1. The molecule has 138 valence electrons. The highest BCUT2D eigenvalue weighted by molar-refractivity contribution is 6.31. The smallest absolute Gasteiger partial charge is 0.322 e. The number of oxime groups is 1. The average molecular weight is 410 g/mol. The van der Waals surface area contributed by atoms with Crippen molar-refractivity contribution in [3.05, 3.63) is 94.0 Å². The van der Waals surface area contributed by atoms with Crippen molar-refractivity contribution in [1.82, 2.24) is 0 Å². The first-order valence-corrected chi connectivity index (χ1v) is 9.34. The minimum atomic E-state index is -1.46. The van der Waals surface area contributed by atoms with Gasteiger partial charge in [-0.1, -0.05) is 58.7 Å². The van der Waals surface area contributed by atoms with Crippen molar-refractivity contribution in [2.75, 3.05) is 10.2 Å². The van der Waals surface area contributed by atoms with Crippen molar-refractivity contribution in [1.29, 1.82) is 0 Å². The van der Waals surface area contributed by atoms with Gasteiger partial charge >= 0.3 is 5.72 Å². The fraction of sp³-hybridized carbons (Fsp3) is 0.0476. The van der Waals surface area contributed by atoms with E-state index in [-0.39, 0.29) is 5.91 Å². The third-order valence-electron chi connectivity index (χ3n) is 4.81. The molecular weight excluding hydrogens is 397 g/mol. The average Bonchev–Trinajstić information content (AvgIpc) is 3.22. The summed E-state index contributed by atoms with van der Waals surface area (Å²) in [6.07, 6.45) is 0. The highest BCUT2D eigenvalue weighted by atomic mass is 35.5. The molecule has 2 aliphatic heterocycles. The quantitative estimate of drug-likeness (QED) is 0.647. The Balaban J connectivity index is 1.73. The van der Waals surface area contributed by atoms with Gasteiger partial charge in [-0.3, -0.25) is 9.69 Å². The third kappa shape index (κ3) is 2.40. The maximum Gasteiger partial charge on any atom is 0.322 e. The lowest BCUT2D eigenvalue weighted by Gasteiger charge is -2.32. The Morgan fingerprint density at radius 3 is 2.39 bits per heavy atom. The van der Waals surface area contributed by atoms with Gasteiger partial charge in [-0.05, 0) is 42.5 Å². The second-order valence-electron chi connectivity index (χ2n) is 6.47. The zero-order chi connectivity index (χ0) is 19.3. The van der Waals surface area contributed by atoms with E-state index in [9.17, 15) is 4.79 Å². The second kappa shape index (κ2) is 6.26. The largest absolute Gasteiger partial charge is 0.349 e. The summed E-state index contributed by atoms with van der Waals surface area (Å²) in [5.41, 5.74) is 1.33. The Hall–Kier alpha value is -3.02. The van der Waals surface area contributed by atoms with Crippen molar-refractivity contribution in [3.63, 3.8) is 0 Å². The summed E-state index contributed by atoms with van der Waals surface area (Å²) < 4.78 is 0. The summed E-state index contributed by atoms with van der Waals surface area (Å²) in [6, 6.07) is 22.0. The van der Waals surface area contributed by atoms with Gasteiger partial charge in [-0.2, -0.15) is 0 Å². The highest BCUT2D eigenvalue weighted by Gasteiger charge is 2.60. The fourth-order valence-corrected chi connectivity index (χ4v) is 3.86. The topological polar surface area (TPSA) is 53.9 Å². The standard InChI is InChI=1S/C21H13Cl2N3O2/c22-14-6-9-16(10-7-14)26-19(13-4-2-1-3-5-13)25-28-21(26)17-11-8-15(23)12-18(17)24-20(21)27/h1-12H,(H,24,27)/t21-/m0/s1. The van der Waals surface area contributed by atoms with Gasteiger partial charge in [-0.25, -0.2) is 0 Å². The maximum absolute atomic E-state index is 13.2. The number of amides is 1. The number of benzene rings is 3. The molecule has 0 saturated heterocycles. The molecule has 5 rings (SSSR count). The number of hydrogen-bond acceptors (Lipinski definition) is 4. The van der Waals surface area contributed by atoms with E-state index in [1.807, 2.05) is 42.5 Å². The molecule has 1 spiro atoms. The van der Waals surface area contributed by atoms with Gasteiger partial charge < -0.3 is 10.2 Å². The third-order valence-corrected chi connectivity index (χ3v) is 5.30. The van der Waals surface area contributed by atoms with E-state index in [0.29, 0.717) is 27.1 Å². The molecule has 0 unspecified atom stereocenters. The van der Waals surface area contributed by atoms with Gasteiger partial charge in [0, 0.05) is 21.3 Å². The molecule has 3 aromatic rings.